The maximum absolute atomic E-state index is 13.4. The molecule has 0 unspecified atom stereocenters. The number of ether oxygens (including phenoxy) is 1. The highest BCUT2D eigenvalue weighted by Gasteiger charge is 2.18. The summed E-state index contributed by atoms with van der Waals surface area (Å²) in [4.78, 5) is 16.0. The Morgan fingerprint density at radius 3 is 2.38 bits per heavy atom. The number of benzene rings is 2. The Labute approximate surface area is 234 Å². The number of nitrogens with one attached hydrogen (secondary N) is 2. The molecule has 7 nitrogen and oxygen atoms in total. The minimum Gasteiger partial charge on any atom is -0.480 e. The molecular weight excluding hydrogens is 486 g/mol. The van der Waals surface area contributed by atoms with Gasteiger partial charge in [-0.15, -0.1) is 5.10 Å². The van der Waals surface area contributed by atoms with Crippen molar-refractivity contribution in [2.24, 2.45) is 7.05 Å². The summed E-state index contributed by atoms with van der Waals surface area (Å²) in [6, 6.07) is 13.0. The predicted octanol–water partition coefficient (Wildman–Crippen LogP) is 6.48. The van der Waals surface area contributed by atoms with E-state index in [1.165, 1.54) is 31.2 Å². The number of anilines is 1. The van der Waals surface area contributed by atoms with Crippen LogP contribution < -0.4 is 15.4 Å². The second-order valence-electron chi connectivity index (χ2n) is 10.3. The number of aryl methyl sites for hydroxylation is 1. The number of amides is 1. The molecule has 7 heteroatoms. The van der Waals surface area contributed by atoms with Crippen molar-refractivity contribution in [1.82, 2.24) is 20.0 Å². The van der Waals surface area contributed by atoms with Crippen molar-refractivity contribution in [3.8, 4) is 17.0 Å². The van der Waals surface area contributed by atoms with Gasteiger partial charge in [-0.2, -0.15) is 0 Å². The molecule has 0 aliphatic carbocycles. The van der Waals surface area contributed by atoms with Gasteiger partial charge in [0.1, 0.15) is 0 Å². The van der Waals surface area contributed by atoms with Gasteiger partial charge in [0.15, 0.2) is 0 Å². The number of rotatable bonds is 15. The van der Waals surface area contributed by atoms with Crippen LogP contribution in [0.4, 0.5) is 5.69 Å². The minimum absolute atomic E-state index is 0.113. The quantitative estimate of drug-likeness (QED) is 0.219. The van der Waals surface area contributed by atoms with E-state index in [0.29, 0.717) is 18.0 Å². The van der Waals surface area contributed by atoms with Crippen molar-refractivity contribution >= 4 is 11.6 Å². The molecule has 0 aliphatic rings. The van der Waals surface area contributed by atoms with Crippen LogP contribution in [0.2, 0.25) is 0 Å². The average Bonchev–Trinajstić information content (AvgIpc) is 3.21. The molecule has 2 N–H and O–H groups in total. The predicted molar refractivity (Wildman–Crippen MR) is 162 cm³/mol. The zero-order chi connectivity index (χ0) is 28.4. The number of hydrogen-bond donors (Lipinski definition) is 2. The third-order valence-electron chi connectivity index (χ3n) is 7.37. The van der Waals surface area contributed by atoms with Gasteiger partial charge in [-0.3, -0.25) is 14.4 Å². The van der Waals surface area contributed by atoms with Gasteiger partial charge in [-0.05, 0) is 81.1 Å². The summed E-state index contributed by atoms with van der Waals surface area (Å²) in [5, 5.41) is 10.9. The van der Waals surface area contributed by atoms with Gasteiger partial charge in [0.2, 0.25) is 5.88 Å². The van der Waals surface area contributed by atoms with E-state index < -0.39 is 0 Å². The number of hydrogen-bond acceptors (Lipinski definition) is 5. The Bertz CT molecular complexity index is 1220. The average molecular weight is 534 g/mol. The van der Waals surface area contributed by atoms with E-state index in [1.807, 2.05) is 27.0 Å². The van der Waals surface area contributed by atoms with E-state index in [4.69, 9.17) is 4.74 Å². The Balaban J connectivity index is 1.82. The lowest BCUT2D eigenvalue weighted by Gasteiger charge is -2.22. The Kier molecular flexibility index (Phi) is 11.4. The molecule has 0 saturated heterocycles. The van der Waals surface area contributed by atoms with Crippen molar-refractivity contribution in [1.29, 1.82) is 0 Å². The van der Waals surface area contributed by atoms with Gasteiger partial charge in [-0.25, -0.2) is 0 Å². The van der Waals surface area contributed by atoms with Crippen molar-refractivity contribution in [2.45, 2.75) is 73.4 Å². The van der Waals surface area contributed by atoms with Crippen LogP contribution in [0.3, 0.4) is 0 Å². The SMILES string of the molecule is CCCCCN(CCC)Cc1ccc(-c2cc(NCC)c(C)c(C(=O)NCc3c(OC)nn(C)c3C)c2)cc1. The van der Waals surface area contributed by atoms with Crippen molar-refractivity contribution in [3.05, 3.63) is 64.3 Å². The highest BCUT2D eigenvalue weighted by molar-refractivity contribution is 5.98. The Hall–Kier alpha value is -3.32. The number of nitrogens with zero attached hydrogens (tertiary/aromatic N) is 3. The molecule has 39 heavy (non-hydrogen) atoms. The first-order valence-electron chi connectivity index (χ1n) is 14.4. The topological polar surface area (TPSA) is 71.4 Å². The monoisotopic (exact) mass is 533 g/mol. The fourth-order valence-electron chi connectivity index (χ4n) is 4.98. The van der Waals surface area contributed by atoms with E-state index in [2.05, 4.69) is 71.7 Å². The van der Waals surface area contributed by atoms with E-state index in [0.717, 1.165) is 59.8 Å². The van der Waals surface area contributed by atoms with Crippen LogP contribution in [-0.2, 0) is 20.1 Å². The number of unbranched alkanes of at least 4 members (excludes halogenated alkanes) is 2. The van der Waals surface area contributed by atoms with Gasteiger partial charge in [0.05, 0.1) is 19.2 Å². The minimum atomic E-state index is -0.113. The second kappa shape index (κ2) is 14.7. The van der Waals surface area contributed by atoms with Gasteiger partial charge in [-0.1, -0.05) is 51.0 Å². The summed E-state index contributed by atoms with van der Waals surface area (Å²) in [5.41, 5.74) is 7.88. The van der Waals surface area contributed by atoms with Crippen LogP contribution in [0.5, 0.6) is 5.88 Å². The number of methoxy groups -OCH3 is 1. The third-order valence-corrected chi connectivity index (χ3v) is 7.37. The van der Waals surface area contributed by atoms with E-state index in [-0.39, 0.29) is 5.91 Å². The summed E-state index contributed by atoms with van der Waals surface area (Å²) in [7, 11) is 3.47. The molecule has 1 heterocycles. The van der Waals surface area contributed by atoms with Crippen LogP contribution in [0.25, 0.3) is 11.1 Å². The molecule has 0 saturated carbocycles. The maximum Gasteiger partial charge on any atom is 0.251 e. The van der Waals surface area contributed by atoms with Crippen molar-refractivity contribution in [2.75, 3.05) is 32.1 Å². The molecule has 2 aromatic carbocycles. The number of aromatic nitrogens is 2. The molecule has 1 amide bonds. The fraction of sp³-hybridized carbons (Fsp3) is 0.500. The first-order chi connectivity index (χ1) is 18.8. The molecule has 0 atom stereocenters. The largest absolute Gasteiger partial charge is 0.480 e. The summed E-state index contributed by atoms with van der Waals surface area (Å²) in [6.45, 7) is 14.9. The molecule has 3 aromatic rings. The Morgan fingerprint density at radius 2 is 1.74 bits per heavy atom. The van der Waals surface area contributed by atoms with Crippen LogP contribution in [0.15, 0.2) is 36.4 Å². The maximum atomic E-state index is 13.4. The van der Waals surface area contributed by atoms with Gasteiger partial charge in [0.25, 0.3) is 5.91 Å². The standard InChI is InChI=1S/C32H47N5O2/c1-8-11-12-18-37(17-9-2)22-25-13-15-26(16-14-25)27-19-28(23(4)30(20-27)33-10-3)31(38)34-21-29-24(5)36(6)35-32(29)39-7/h13-16,19-20,33H,8-12,17-18,21-22H2,1-7H3,(H,34,38). The van der Waals surface area contributed by atoms with Gasteiger partial charge >= 0.3 is 0 Å². The van der Waals surface area contributed by atoms with Crippen LogP contribution >= 0.6 is 0 Å². The normalized spacial score (nSPS) is 11.2. The molecule has 0 aliphatic heterocycles. The Morgan fingerprint density at radius 1 is 1.00 bits per heavy atom. The smallest absolute Gasteiger partial charge is 0.251 e. The summed E-state index contributed by atoms with van der Waals surface area (Å²) >= 11 is 0. The van der Waals surface area contributed by atoms with E-state index in [1.54, 1.807) is 11.8 Å². The number of carbonyl (C=O) groups excluding carboxylic acids is 1. The fourth-order valence-corrected chi connectivity index (χ4v) is 4.98. The molecule has 212 valence electrons. The molecule has 1 aromatic heterocycles. The van der Waals surface area contributed by atoms with Crippen molar-refractivity contribution < 1.29 is 9.53 Å². The first-order valence-corrected chi connectivity index (χ1v) is 14.4. The molecule has 0 fully saturated rings. The second-order valence-corrected chi connectivity index (χ2v) is 10.3. The highest BCUT2D eigenvalue weighted by atomic mass is 16.5. The van der Waals surface area contributed by atoms with Crippen LogP contribution in [0.1, 0.15) is 79.2 Å². The van der Waals surface area contributed by atoms with E-state index in [9.17, 15) is 4.79 Å². The van der Waals surface area contributed by atoms with Gasteiger partial charge in [0, 0.05) is 37.1 Å². The van der Waals surface area contributed by atoms with Crippen molar-refractivity contribution in [3.63, 3.8) is 0 Å². The molecule has 3 rings (SSSR count). The zero-order valence-corrected chi connectivity index (χ0v) is 25.0. The third kappa shape index (κ3) is 7.85. The summed E-state index contributed by atoms with van der Waals surface area (Å²) in [5.74, 6) is 0.426. The summed E-state index contributed by atoms with van der Waals surface area (Å²) in [6.07, 6.45) is 4.95. The van der Waals surface area contributed by atoms with Crippen LogP contribution in [0, 0.1) is 13.8 Å². The lowest BCUT2D eigenvalue weighted by atomic mass is 9.96. The first kappa shape index (κ1) is 30.2. The number of carbonyl (C=O) groups is 1. The zero-order valence-electron chi connectivity index (χ0n) is 25.0. The van der Waals surface area contributed by atoms with Gasteiger partial charge < -0.3 is 15.4 Å². The molecular formula is C32H47N5O2. The van der Waals surface area contributed by atoms with E-state index >= 15 is 0 Å². The van der Waals surface area contributed by atoms with Crippen LogP contribution in [-0.4, -0.2) is 47.3 Å². The summed E-state index contributed by atoms with van der Waals surface area (Å²) < 4.78 is 7.18. The molecule has 0 radical (unpaired) electrons. The lowest BCUT2D eigenvalue weighted by Crippen LogP contribution is -2.25. The molecule has 0 bridgehead atoms. The highest BCUT2D eigenvalue weighted by Crippen LogP contribution is 2.30. The lowest BCUT2D eigenvalue weighted by molar-refractivity contribution is 0.0950. The molecule has 0 spiro atoms.